The molecule has 0 aromatic rings. The van der Waals surface area contributed by atoms with Gasteiger partial charge in [-0.3, -0.25) is 4.79 Å². The lowest BCUT2D eigenvalue weighted by Gasteiger charge is -2.71. The van der Waals surface area contributed by atoms with E-state index in [-0.39, 0.29) is 34.5 Å². The zero-order valence-electron chi connectivity index (χ0n) is 43.0. The third-order valence-corrected chi connectivity index (χ3v) is 20.5. The lowest BCUT2D eigenvalue weighted by Crippen LogP contribution is -2.69. The van der Waals surface area contributed by atoms with Crippen LogP contribution < -0.4 is 0 Å². The van der Waals surface area contributed by atoms with Gasteiger partial charge in [0.25, 0.3) is 0 Å². The second kappa shape index (κ2) is 20.1. The van der Waals surface area contributed by atoms with Gasteiger partial charge >= 0.3 is 5.97 Å². The summed E-state index contributed by atoms with van der Waals surface area (Å²) in [6.45, 7) is 17.1. The van der Waals surface area contributed by atoms with E-state index in [1.54, 1.807) is 0 Å². The molecule has 0 bridgehead atoms. The van der Waals surface area contributed by atoms with E-state index in [2.05, 4.69) is 40.3 Å². The Labute approximate surface area is 426 Å². The van der Waals surface area contributed by atoms with E-state index in [0.29, 0.717) is 32.1 Å². The highest BCUT2D eigenvalue weighted by atomic mass is 16.8. The first-order valence-corrected chi connectivity index (χ1v) is 26.4. The molecule has 0 radical (unpaired) electrons. The SMILES string of the molecule is C=C1CC[C@@]2(C(=O)O)CC[C@]3(C)C(=CC[C@H]4[C@]5(C)C[C@H](O)[C@H](O[C@@H]6O[C@@H](CO)[C@H](O)[C@H](O[C@H]7OC[C@H](O)[C@@H](O)[C@H]7O)[C@H]6O[C@H]6OC[C@@H](O)[C@@H](O)[C@H]6O[C@@H]6O[C@@H](C)[C@H](O)[C@@H](O)[C@H]6O)C(C)(C)[C@@H]5CC[C@]43C)[C@H]2[C@@H]1C. The molecule has 0 amide bonds. The second-order valence-corrected chi connectivity index (χ2v) is 24.5. The van der Waals surface area contributed by atoms with Crippen LogP contribution in [-0.4, -0.2) is 210 Å². The fourth-order valence-electron chi connectivity index (χ4n) is 16.1. The molecular weight excluding hydrogens is 961 g/mol. The molecule has 21 nitrogen and oxygen atoms in total. The fraction of sp³-hybridized carbons (Fsp3) is 0.904. The monoisotopic (exact) mass is 1040 g/mol. The molecule has 4 saturated heterocycles. The van der Waals surface area contributed by atoms with Crippen molar-refractivity contribution in [2.24, 2.45) is 50.7 Å². The highest BCUT2D eigenvalue weighted by molar-refractivity contribution is 5.77. The maximum absolute atomic E-state index is 13.3. The van der Waals surface area contributed by atoms with Gasteiger partial charge in [0.1, 0.15) is 79.4 Å². The number of aliphatic hydroxyl groups is 11. The molecule has 4 heterocycles. The van der Waals surface area contributed by atoms with Crippen LogP contribution in [0.2, 0.25) is 0 Å². The van der Waals surface area contributed by atoms with Crippen LogP contribution in [0.25, 0.3) is 0 Å². The number of hydrogen-bond donors (Lipinski definition) is 12. The van der Waals surface area contributed by atoms with Crippen LogP contribution in [0.15, 0.2) is 23.8 Å². The van der Waals surface area contributed by atoms with Crippen molar-refractivity contribution in [3.8, 4) is 0 Å². The van der Waals surface area contributed by atoms with E-state index >= 15 is 0 Å². The molecule has 0 aromatic carbocycles. The molecule has 0 aromatic heterocycles. The topological polar surface area (TPSA) is 334 Å². The van der Waals surface area contributed by atoms with Gasteiger partial charge in [-0.15, -0.1) is 0 Å². The molecule has 0 unspecified atom stereocenters. The number of aliphatic carboxylic acids is 1. The normalized spacial score (nSPS) is 55.0. The average molecular weight is 1040 g/mol. The maximum Gasteiger partial charge on any atom is 0.310 e. The number of carbonyl (C=O) groups is 1. The second-order valence-electron chi connectivity index (χ2n) is 24.5. The first kappa shape index (κ1) is 55.9. The van der Waals surface area contributed by atoms with Crippen molar-refractivity contribution < 1.29 is 104 Å². The summed E-state index contributed by atoms with van der Waals surface area (Å²) in [7, 11) is 0. The molecule has 4 saturated carbocycles. The van der Waals surface area contributed by atoms with Crippen LogP contribution in [0.1, 0.15) is 99.8 Å². The van der Waals surface area contributed by atoms with Gasteiger partial charge in [-0.25, -0.2) is 0 Å². The lowest BCUT2D eigenvalue weighted by molar-refractivity contribution is -0.404. The van der Waals surface area contributed by atoms with Crippen molar-refractivity contribution in [3.05, 3.63) is 23.8 Å². The van der Waals surface area contributed by atoms with Crippen LogP contribution in [0.5, 0.6) is 0 Å². The van der Waals surface area contributed by atoms with E-state index in [1.807, 2.05) is 13.8 Å². The third kappa shape index (κ3) is 8.84. The van der Waals surface area contributed by atoms with Crippen LogP contribution in [-0.2, 0) is 42.7 Å². The van der Waals surface area contributed by atoms with Crippen molar-refractivity contribution >= 4 is 5.97 Å². The molecular formula is C52H82O21. The van der Waals surface area contributed by atoms with Gasteiger partial charge in [-0.1, -0.05) is 65.3 Å². The Morgan fingerprint density at radius 2 is 1.30 bits per heavy atom. The molecule has 0 spiro atoms. The van der Waals surface area contributed by atoms with Crippen LogP contribution >= 0.6 is 0 Å². The summed E-state index contributed by atoms with van der Waals surface area (Å²) in [4.78, 5) is 13.3. The zero-order chi connectivity index (χ0) is 53.2. The Morgan fingerprint density at radius 3 is 1.97 bits per heavy atom. The molecule has 73 heavy (non-hydrogen) atoms. The first-order chi connectivity index (χ1) is 34.2. The summed E-state index contributed by atoms with van der Waals surface area (Å²) in [6, 6.07) is 0. The van der Waals surface area contributed by atoms with Crippen molar-refractivity contribution in [2.75, 3.05) is 19.8 Å². The molecule has 5 aliphatic carbocycles. The van der Waals surface area contributed by atoms with E-state index in [4.69, 9.17) is 37.9 Å². The maximum atomic E-state index is 13.3. The first-order valence-electron chi connectivity index (χ1n) is 26.4. The Hall–Kier alpha value is -1.81. The van der Waals surface area contributed by atoms with Crippen LogP contribution in [0.4, 0.5) is 0 Å². The standard InChI is InChI=1S/C52H82O21/c1-21-11-14-52(47(64)65)16-15-50(7)24(31(52)22(21)2)9-10-30-49(6)17-25(54)42(48(4,5)29(49)12-13-51(30,50)8)73-46-41(39(35(60)28(18-53)69-46)70-43-37(62)33(58)26(55)19-66-43)72-45-40(34(59)27(56)20-67-45)71-44-38(63)36(61)32(57)23(3)68-44/h9,22-23,25-46,53-63H,1,10-20H2,2-8H3,(H,64,65)/t22-,23+,25+,26+,27-,28+,29+,30+,31-,32+,33-,34-,35+,36-,37-,38-,39+,40-,41-,42+,43-,44+,45-,46+,49-,50-,51-,52-/m1/s1. The van der Waals surface area contributed by atoms with E-state index < -0.39 is 165 Å². The lowest BCUT2D eigenvalue weighted by atomic mass is 9.33. The molecule has 9 rings (SSSR count). The van der Waals surface area contributed by atoms with Gasteiger partial charge in [0.15, 0.2) is 25.2 Å². The highest BCUT2D eigenvalue weighted by Crippen LogP contribution is 2.76. The summed E-state index contributed by atoms with van der Waals surface area (Å²) in [5.74, 6) is -0.891. The van der Waals surface area contributed by atoms with Gasteiger partial charge in [0.2, 0.25) is 0 Å². The number of hydrogen-bond acceptors (Lipinski definition) is 20. The van der Waals surface area contributed by atoms with Crippen molar-refractivity contribution in [1.29, 1.82) is 0 Å². The molecule has 9 aliphatic rings. The summed E-state index contributed by atoms with van der Waals surface area (Å²) in [5.41, 5.74) is -0.429. The van der Waals surface area contributed by atoms with Crippen molar-refractivity contribution in [3.63, 3.8) is 0 Å². The average Bonchev–Trinajstić information content (AvgIpc) is 3.33. The minimum Gasteiger partial charge on any atom is -0.481 e. The number of aliphatic hydroxyl groups excluding tert-OH is 11. The molecule has 8 fully saturated rings. The van der Waals surface area contributed by atoms with Crippen molar-refractivity contribution in [2.45, 2.75) is 223 Å². The van der Waals surface area contributed by atoms with E-state index in [1.165, 1.54) is 12.5 Å². The number of carboxylic acids is 1. The zero-order valence-corrected chi connectivity index (χ0v) is 43.0. The molecule has 12 N–H and O–H groups in total. The van der Waals surface area contributed by atoms with E-state index in [9.17, 15) is 66.1 Å². The van der Waals surface area contributed by atoms with Gasteiger partial charge in [0, 0.05) is 5.92 Å². The molecule has 416 valence electrons. The van der Waals surface area contributed by atoms with Gasteiger partial charge in [-0.2, -0.15) is 0 Å². The van der Waals surface area contributed by atoms with Gasteiger partial charge < -0.3 is 99.2 Å². The third-order valence-electron chi connectivity index (χ3n) is 20.5. The van der Waals surface area contributed by atoms with Crippen LogP contribution in [0.3, 0.4) is 0 Å². The summed E-state index contributed by atoms with van der Waals surface area (Å²) >= 11 is 0. The molecule has 4 aliphatic heterocycles. The summed E-state index contributed by atoms with van der Waals surface area (Å²) in [6.07, 6.45) is -24.6. The highest BCUT2D eigenvalue weighted by Gasteiger charge is 2.71. The predicted octanol–water partition coefficient (Wildman–Crippen LogP) is -0.417. The van der Waals surface area contributed by atoms with Gasteiger partial charge in [0.05, 0.1) is 43.5 Å². The number of rotatable bonds is 10. The minimum atomic E-state index is -1.86. The quantitative estimate of drug-likeness (QED) is 0.0977. The fourth-order valence-corrected chi connectivity index (χ4v) is 16.1. The molecule has 28 atom stereocenters. The largest absolute Gasteiger partial charge is 0.481 e. The smallest absolute Gasteiger partial charge is 0.310 e. The van der Waals surface area contributed by atoms with E-state index in [0.717, 1.165) is 24.8 Å². The van der Waals surface area contributed by atoms with Gasteiger partial charge in [-0.05, 0) is 97.7 Å². The number of carboxylic acid groups (broad SMARTS) is 1. The molecule has 21 heteroatoms. The minimum absolute atomic E-state index is 0.00800. The number of ether oxygens (including phenoxy) is 8. The number of fused-ring (bicyclic) bond motifs is 7. The Balaban J connectivity index is 1.04. The summed E-state index contributed by atoms with van der Waals surface area (Å²) in [5, 5.41) is 132. The Kier molecular flexibility index (Phi) is 15.4. The van der Waals surface area contributed by atoms with Crippen molar-refractivity contribution in [1.82, 2.24) is 0 Å². The Morgan fingerprint density at radius 1 is 0.671 bits per heavy atom. The van der Waals surface area contributed by atoms with Crippen LogP contribution in [0, 0.1) is 50.7 Å². The summed E-state index contributed by atoms with van der Waals surface area (Å²) < 4.78 is 49.2. The predicted molar refractivity (Wildman–Crippen MR) is 251 cm³/mol. The Bertz CT molecular complexity index is 2060. The number of allylic oxidation sites excluding steroid dienone is 3.